The number of Topliss-reactive ketones (excluding diaryl/α,β-unsaturated/α-hetero) is 1. The first kappa shape index (κ1) is 17.1. The van der Waals surface area contributed by atoms with E-state index in [1.807, 2.05) is 24.3 Å². The Kier molecular flexibility index (Phi) is 4.68. The van der Waals surface area contributed by atoms with E-state index in [4.69, 9.17) is 9.47 Å². The van der Waals surface area contributed by atoms with Gasteiger partial charge in [-0.05, 0) is 48.2 Å². The molecule has 1 N–H and O–H groups in total. The number of benzene rings is 2. The van der Waals surface area contributed by atoms with Crippen LogP contribution in [0.15, 0.2) is 48.5 Å². The normalized spacial score (nSPS) is 27.8. The fourth-order valence-electron chi connectivity index (χ4n) is 4.48. The third-order valence-corrected chi connectivity index (χ3v) is 5.87. The quantitative estimate of drug-likeness (QED) is 0.902. The summed E-state index contributed by atoms with van der Waals surface area (Å²) in [5.41, 5.74) is 2.31. The van der Waals surface area contributed by atoms with E-state index in [0.29, 0.717) is 5.78 Å². The minimum absolute atomic E-state index is 0.0528. The predicted molar refractivity (Wildman–Crippen MR) is 100 cm³/mol. The topological polar surface area (TPSA) is 47.6 Å². The zero-order chi connectivity index (χ0) is 18.1. The van der Waals surface area contributed by atoms with Crippen LogP contribution in [0.25, 0.3) is 0 Å². The highest BCUT2D eigenvalue weighted by Gasteiger charge is 2.46. The second-order valence-corrected chi connectivity index (χ2v) is 7.21. The summed E-state index contributed by atoms with van der Waals surface area (Å²) in [6, 6.07) is 16.3. The van der Waals surface area contributed by atoms with Crippen LogP contribution in [0.4, 0.5) is 0 Å². The van der Waals surface area contributed by atoms with Crippen molar-refractivity contribution in [3.63, 3.8) is 0 Å². The number of ketones is 1. The lowest BCUT2D eigenvalue weighted by Crippen LogP contribution is -2.50. The standard InChI is InChI=1S/C22H25NO3/c1-25-16-10-6-14(7-11-16)20-18-4-3-5-19(22(18)24)21(23-20)15-8-12-17(26-2)13-9-15/h6-13,18-21,23H,3-5H2,1-2H3/t18-,19-,20-,21+/m1/s1. The zero-order valence-electron chi connectivity index (χ0n) is 15.3. The lowest BCUT2D eigenvalue weighted by atomic mass is 9.67. The van der Waals surface area contributed by atoms with E-state index in [-0.39, 0.29) is 23.9 Å². The van der Waals surface area contributed by atoms with E-state index in [9.17, 15) is 4.79 Å². The van der Waals surface area contributed by atoms with Gasteiger partial charge in [0.15, 0.2) is 0 Å². The van der Waals surface area contributed by atoms with Crippen LogP contribution in [0.2, 0.25) is 0 Å². The monoisotopic (exact) mass is 351 g/mol. The molecule has 4 atom stereocenters. The van der Waals surface area contributed by atoms with Crippen molar-refractivity contribution in [2.75, 3.05) is 14.2 Å². The van der Waals surface area contributed by atoms with E-state index in [1.165, 1.54) is 0 Å². The molecule has 2 bridgehead atoms. The van der Waals surface area contributed by atoms with Gasteiger partial charge in [-0.3, -0.25) is 4.79 Å². The minimum atomic E-state index is 0.0528. The van der Waals surface area contributed by atoms with E-state index in [2.05, 4.69) is 29.6 Å². The number of fused-ring (bicyclic) bond motifs is 2. The summed E-state index contributed by atoms with van der Waals surface area (Å²) in [6.07, 6.45) is 3.05. The summed E-state index contributed by atoms with van der Waals surface area (Å²) in [5, 5.41) is 3.79. The Labute approximate surface area is 154 Å². The molecule has 1 saturated carbocycles. The van der Waals surface area contributed by atoms with Crippen molar-refractivity contribution in [2.45, 2.75) is 31.3 Å². The highest BCUT2D eigenvalue weighted by atomic mass is 16.5. The van der Waals surface area contributed by atoms with Crippen molar-refractivity contribution in [1.29, 1.82) is 0 Å². The Balaban J connectivity index is 1.67. The van der Waals surface area contributed by atoms with Gasteiger partial charge in [-0.1, -0.05) is 30.7 Å². The van der Waals surface area contributed by atoms with E-state index >= 15 is 0 Å². The van der Waals surface area contributed by atoms with Crippen molar-refractivity contribution < 1.29 is 14.3 Å². The van der Waals surface area contributed by atoms with Crippen LogP contribution in [-0.4, -0.2) is 20.0 Å². The number of hydrogen-bond acceptors (Lipinski definition) is 4. The van der Waals surface area contributed by atoms with Crippen LogP contribution in [0.3, 0.4) is 0 Å². The number of carbonyl (C=O) groups excluding carboxylic acids is 1. The Morgan fingerprint density at radius 1 is 0.769 bits per heavy atom. The van der Waals surface area contributed by atoms with Crippen LogP contribution >= 0.6 is 0 Å². The maximum absolute atomic E-state index is 13.1. The Bertz CT molecular complexity index is 705. The second kappa shape index (κ2) is 7.12. The third kappa shape index (κ3) is 2.99. The van der Waals surface area contributed by atoms with Gasteiger partial charge in [0, 0.05) is 23.9 Å². The van der Waals surface area contributed by atoms with Crippen molar-refractivity contribution in [3.8, 4) is 11.5 Å². The molecule has 1 saturated heterocycles. The number of methoxy groups -OCH3 is 2. The highest BCUT2D eigenvalue weighted by Crippen LogP contribution is 2.46. The van der Waals surface area contributed by atoms with Crippen LogP contribution in [0, 0.1) is 11.8 Å². The van der Waals surface area contributed by atoms with Gasteiger partial charge < -0.3 is 14.8 Å². The van der Waals surface area contributed by atoms with Crippen molar-refractivity contribution in [3.05, 3.63) is 59.7 Å². The molecule has 2 aromatic carbocycles. The van der Waals surface area contributed by atoms with Crippen molar-refractivity contribution >= 4 is 5.78 Å². The Morgan fingerprint density at radius 2 is 1.19 bits per heavy atom. The average molecular weight is 351 g/mol. The largest absolute Gasteiger partial charge is 0.497 e. The molecule has 2 aromatic rings. The molecule has 0 spiro atoms. The summed E-state index contributed by atoms with van der Waals surface area (Å²) in [6.45, 7) is 0. The van der Waals surface area contributed by atoms with Crippen molar-refractivity contribution in [2.24, 2.45) is 11.8 Å². The number of ether oxygens (including phenoxy) is 2. The van der Waals surface area contributed by atoms with Crippen LogP contribution in [0.5, 0.6) is 11.5 Å². The second-order valence-electron chi connectivity index (χ2n) is 7.21. The van der Waals surface area contributed by atoms with Gasteiger partial charge in [-0.15, -0.1) is 0 Å². The molecule has 26 heavy (non-hydrogen) atoms. The molecule has 2 aliphatic rings. The van der Waals surface area contributed by atoms with Crippen molar-refractivity contribution in [1.82, 2.24) is 5.32 Å². The molecule has 2 fully saturated rings. The molecule has 4 heteroatoms. The summed E-state index contributed by atoms with van der Waals surface area (Å²) < 4.78 is 10.5. The highest BCUT2D eigenvalue weighted by molar-refractivity contribution is 5.87. The maximum Gasteiger partial charge on any atom is 0.142 e. The number of nitrogens with one attached hydrogen (secondary N) is 1. The number of piperidine rings is 1. The molecule has 0 amide bonds. The van der Waals surface area contributed by atoms with Crippen LogP contribution in [0.1, 0.15) is 42.5 Å². The molecule has 0 radical (unpaired) electrons. The molecule has 0 aromatic heterocycles. The molecular formula is C22H25NO3. The lowest BCUT2D eigenvalue weighted by molar-refractivity contribution is -0.135. The van der Waals surface area contributed by atoms with Gasteiger partial charge in [0.25, 0.3) is 0 Å². The van der Waals surface area contributed by atoms with Gasteiger partial charge in [-0.2, -0.15) is 0 Å². The number of hydrogen-bond donors (Lipinski definition) is 1. The van der Waals surface area contributed by atoms with E-state index in [1.54, 1.807) is 14.2 Å². The molecule has 1 aliphatic carbocycles. The molecule has 4 nitrogen and oxygen atoms in total. The smallest absolute Gasteiger partial charge is 0.142 e. The average Bonchev–Trinajstić information content (AvgIpc) is 2.68. The number of rotatable bonds is 4. The van der Waals surface area contributed by atoms with Gasteiger partial charge in [0.05, 0.1) is 14.2 Å². The fourth-order valence-corrected chi connectivity index (χ4v) is 4.48. The first-order valence-electron chi connectivity index (χ1n) is 9.29. The molecule has 1 aliphatic heterocycles. The maximum atomic E-state index is 13.1. The van der Waals surface area contributed by atoms with Gasteiger partial charge in [-0.25, -0.2) is 0 Å². The van der Waals surface area contributed by atoms with Gasteiger partial charge in [0.2, 0.25) is 0 Å². The Morgan fingerprint density at radius 3 is 1.58 bits per heavy atom. The first-order chi connectivity index (χ1) is 12.7. The van der Waals surface area contributed by atoms with E-state index < -0.39 is 0 Å². The van der Waals surface area contributed by atoms with Gasteiger partial charge in [0.1, 0.15) is 17.3 Å². The summed E-state index contributed by atoms with van der Waals surface area (Å²) in [5.74, 6) is 2.22. The lowest BCUT2D eigenvalue weighted by Gasteiger charge is -2.45. The Hall–Kier alpha value is -2.33. The van der Waals surface area contributed by atoms with Crippen LogP contribution in [-0.2, 0) is 4.79 Å². The molecule has 0 unspecified atom stereocenters. The minimum Gasteiger partial charge on any atom is -0.497 e. The summed E-state index contributed by atoms with van der Waals surface area (Å²) >= 11 is 0. The molecule has 1 heterocycles. The third-order valence-electron chi connectivity index (χ3n) is 5.87. The van der Waals surface area contributed by atoms with Gasteiger partial charge >= 0.3 is 0 Å². The molecule has 136 valence electrons. The molecular weight excluding hydrogens is 326 g/mol. The zero-order valence-corrected chi connectivity index (χ0v) is 15.3. The molecule has 4 rings (SSSR count). The summed E-state index contributed by atoms with van der Waals surface area (Å²) in [4.78, 5) is 13.1. The first-order valence-corrected chi connectivity index (χ1v) is 9.29. The fraction of sp³-hybridized carbons (Fsp3) is 0.409. The predicted octanol–water partition coefficient (Wildman–Crippen LogP) is 4.07. The summed E-state index contributed by atoms with van der Waals surface area (Å²) in [7, 11) is 3.34. The SMILES string of the molecule is COc1ccc([C@H]2N[C@@H](c3ccc(OC)cc3)[C@H]3CCC[C@H]2C3=O)cc1. The van der Waals surface area contributed by atoms with Crippen LogP contribution < -0.4 is 14.8 Å². The number of carbonyl (C=O) groups is 1. The van der Waals surface area contributed by atoms with E-state index in [0.717, 1.165) is 41.9 Å².